The second kappa shape index (κ2) is 5.91. The standard InChI is InChI=1S/C12H20N6O2/c1-3-7-18-9-8(10(19)16-12(18)20)17(2)11(15-9)14-6-4-5-13/h3-7,13H2,1-2H3,(H,14,15)(H,16,19,20). The summed E-state index contributed by atoms with van der Waals surface area (Å²) in [5.74, 6) is 0.564. The number of imidazole rings is 1. The lowest BCUT2D eigenvalue weighted by molar-refractivity contribution is 0.652. The van der Waals surface area contributed by atoms with Crippen LogP contribution in [0, 0.1) is 0 Å². The summed E-state index contributed by atoms with van der Waals surface area (Å²) in [6.07, 6.45) is 1.59. The second-order valence-electron chi connectivity index (χ2n) is 4.65. The van der Waals surface area contributed by atoms with Gasteiger partial charge in [0.15, 0.2) is 11.2 Å². The molecule has 2 aromatic rings. The first kappa shape index (κ1) is 14.3. The van der Waals surface area contributed by atoms with E-state index in [4.69, 9.17) is 5.73 Å². The lowest BCUT2D eigenvalue weighted by Gasteiger charge is -2.04. The van der Waals surface area contributed by atoms with Gasteiger partial charge >= 0.3 is 5.69 Å². The molecule has 20 heavy (non-hydrogen) atoms. The monoisotopic (exact) mass is 280 g/mol. The Morgan fingerprint density at radius 1 is 1.40 bits per heavy atom. The van der Waals surface area contributed by atoms with Gasteiger partial charge in [-0.15, -0.1) is 0 Å². The van der Waals surface area contributed by atoms with Crippen LogP contribution in [0.2, 0.25) is 0 Å². The average Bonchev–Trinajstić information content (AvgIpc) is 2.73. The number of anilines is 1. The molecule has 0 fully saturated rings. The third kappa shape index (κ3) is 2.46. The molecule has 0 bridgehead atoms. The molecule has 8 nitrogen and oxygen atoms in total. The predicted molar refractivity (Wildman–Crippen MR) is 78.0 cm³/mol. The van der Waals surface area contributed by atoms with Crippen molar-refractivity contribution in [3.8, 4) is 0 Å². The number of fused-ring (bicyclic) bond motifs is 1. The zero-order valence-corrected chi connectivity index (χ0v) is 11.8. The van der Waals surface area contributed by atoms with Crippen molar-refractivity contribution in [2.45, 2.75) is 26.3 Å². The van der Waals surface area contributed by atoms with Crippen LogP contribution < -0.4 is 22.3 Å². The Kier molecular flexibility index (Phi) is 4.23. The van der Waals surface area contributed by atoms with Crippen molar-refractivity contribution in [3.63, 3.8) is 0 Å². The molecule has 110 valence electrons. The van der Waals surface area contributed by atoms with Crippen molar-refractivity contribution in [1.29, 1.82) is 0 Å². The fourth-order valence-electron chi connectivity index (χ4n) is 2.14. The molecule has 0 aromatic carbocycles. The number of hydrogen-bond donors (Lipinski definition) is 3. The van der Waals surface area contributed by atoms with E-state index in [1.54, 1.807) is 11.6 Å². The molecule has 0 unspecified atom stereocenters. The van der Waals surface area contributed by atoms with Gasteiger partial charge in [-0.3, -0.25) is 14.3 Å². The maximum atomic E-state index is 11.9. The number of nitrogens with one attached hydrogen (secondary N) is 2. The molecule has 2 rings (SSSR count). The van der Waals surface area contributed by atoms with Crippen LogP contribution in [0.1, 0.15) is 19.8 Å². The molecular formula is C12H20N6O2. The van der Waals surface area contributed by atoms with E-state index in [1.165, 1.54) is 4.57 Å². The molecule has 0 saturated heterocycles. The van der Waals surface area contributed by atoms with Crippen LogP contribution in [0.5, 0.6) is 0 Å². The highest BCUT2D eigenvalue weighted by atomic mass is 16.2. The number of rotatable bonds is 6. The summed E-state index contributed by atoms with van der Waals surface area (Å²) in [7, 11) is 1.75. The number of aromatic nitrogens is 4. The van der Waals surface area contributed by atoms with Gasteiger partial charge in [0.1, 0.15) is 0 Å². The van der Waals surface area contributed by atoms with E-state index < -0.39 is 11.2 Å². The normalized spacial score (nSPS) is 11.2. The Morgan fingerprint density at radius 2 is 2.15 bits per heavy atom. The Balaban J connectivity index is 2.57. The highest BCUT2D eigenvalue weighted by Gasteiger charge is 2.15. The minimum atomic E-state index is -0.420. The summed E-state index contributed by atoms with van der Waals surface area (Å²) >= 11 is 0. The van der Waals surface area contributed by atoms with Gasteiger partial charge in [0.05, 0.1) is 0 Å². The smallest absolute Gasteiger partial charge is 0.330 e. The first-order valence-corrected chi connectivity index (χ1v) is 6.73. The lowest BCUT2D eigenvalue weighted by atomic mass is 10.4. The van der Waals surface area contributed by atoms with E-state index in [1.807, 2.05) is 6.92 Å². The van der Waals surface area contributed by atoms with Gasteiger partial charge in [-0.1, -0.05) is 6.92 Å². The van der Waals surface area contributed by atoms with Crippen LogP contribution in [0.25, 0.3) is 11.2 Å². The molecule has 4 N–H and O–H groups in total. The van der Waals surface area contributed by atoms with E-state index in [0.717, 1.165) is 12.8 Å². The molecule has 8 heteroatoms. The van der Waals surface area contributed by atoms with Gasteiger partial charge in [0.25, 0.3) is 5.56 Å². The van der Waals surface area contributed by atoms with Crippen molar-refractivity contribution >= 4 is 17.1 Å². The van der Waals surface area contributed by atoms with Crippen molar-refractivity contribution in [2.24, 2.45) is 12.8 Å². The van der Waals surface area contributed by atoms with Crippen molar-refractivity contribution in [3.05, 3.63) is 20.8 Å². The van der Waals surface area contributed by atoms with Crippen LogP contribution >= 0.6 is 0 Å². The van der Waals surface area contributed by atoms with Crippen molar-refractivity contribution < 1.29 is 0 Å². The molecule has 0 amide bonds. The van der Waals surface area contributed by atoms with E-state index in [0.29, 0.717) is 36.7 Å². The van der Waals surface area contributed by atoms with Crippen molar-refractivity contribution in [2.75, 3.05) is 18.4 Å². The third-order valence-corrected chi connectivity index (χ3v) is 3.12. The van der Waals surface area contributed by atoms with Gasteiger partial charge < -0.3 is 15.6 Å². The third-order valence-electron chi connectivity index (χ3n) is 3.12. The van der Waals surface area contributed by atoms with Gasteiger partial charge in [0, 0.05) is 20.1 Å². The van der Waals surface area contributed by atoms with Crippen LogP contribution in [-0.4, -0.2) is 32.2 Å². The second-order valence-corrected chi connectivity index (χ2v) is 4.65. The summed E-state index contributed by atoms with van der Waals surface area (Å²) in [4.78, 5) is 30.5. The maximum absolute atomic E-state index is 11.9. The number of aromatic amines is 1. The minimum absolute atomic E-state index is 0.397. The summed E-state index contributed by atoms with van der Waals surface area (Å²) in [5.41, 5.74) is 5.42. The molecule has 0 aliphatic carbocycles. The SMILES string of the molecule is CCCn1c(=O)[nH]c(=O)c2c1nc(NCCCN)n2C. The molecule has 0 aliphatic heterocycles. The zero-order valence-electron chi connectivity index (χ0n) is 11.8. The van der Waals surface area contributed by atoms with E-state index in [-0.39, 0.29) is 0 Å². The van der Waals surface area contributed by atoms with E-state index >= 15 is 0 Å². The summed E-state index contributed by atoms with van der Waals surface area (Å²) < 4.78 is 3.15. The highest BCUT2D eigenvalue weighted by Crippen LogP contribution is 2.13. The molecule has 0 saturated carbocycles. The van der Waals surface area contributed by atoms with E-state index in [2.05, 4.69) is 15.3 Å². The average molecular weight is 280 g/mol. The summed E-state index contributed by atoms with van der Waals surface area (Å²) in [6.45, 7) is 3.74. The lowest BCUT2D eigenvalue weighted by Crippen LogP contribution is -2.30. The molecule has 0 atom stereocenters. The number of hydrogen-bond acceptors (Lipinski definition) is 5. The largest absolute Gasteiger partial charge is 0.356 e. The van der Waals surface area contributed by atoms with Gasteiger partial charge in [-0.25, -0.2) is 4.79 Å². The number of nitrogens with zero attached hydrogens (tertiary/aromatic N) is 3. The van der Waals surface area contributed by atoms with Crippen molar-refractivity contribution in [1.82, 2.24) is 19.1 Å². The Hall–Kier alpha value is -2.09. The maximum Gasteiger partial charge on any atom is 0.330 e. The van der Waals surface area contributed by atoms with Gasteiger partial charge in [-0.05, 0) is 19.4 Å². The van der Waals surface area contributed by atoms with Crippen LogP contribution in [0.4, 0.5) is 5.95 Å². The topological polar surface area (TPSA) is 111 Å². The van der Waals surface area contributed by atoms with Gasteiger partial charge in [-0.2, -0.15) is 4.98 Å². The Bertz CT molecular complexity index is 711. The Labute approximate surface area is 115 Å². The summed E-state index contributed by atoms with van der Waals surface area (Å²) in [6, 6.07) is 0. The highest BCUT2D eigenvalue weighted by molar-refractivity contribution is 5.73. The van der Waals surface area contributed by atoms with Crippen LogP contribution in [-0.2, 0) is 13.6 Å². The minimum Gasteiger partial charge on any atom is -0.356 e. The van der Waals surface area contributed by atoms with Crippen LogP contribution in [0.3, 0.4) is 0 Å². The molecular weight excluding hydrogens is 260 g/mol. The quantitative estimate of drug-likeness (QED) is 0.623. The zero-order chi connectivity index (χ0) is 14.7. The molecule has 0 aliphatic rings. The predicted octanol–water partition coefficient (Wildman–Crippen LogP) is -0.406. The number of aryl methyl sites for hydroxylation is 2. The number of H-pyrrole nitrogens is 1. The molecule has 2 heterocycles. The fraction of sp³-hybridized carbons (Fsp3) is 0.583. The summed E-state index contributed by atoms with van der Waals surface area (Å²) in [5, 5.41) is 3.12. The fourth-order valence-corrected chi connectivity index (χ4v) is 2.14. The van der Waals surface area contributed by atoms with Crippen LogP contribution in [0.15, 0.2) is 9.59 Å². The first-order valence-electron chi connectivity index (χ1n) is 6.73. The molecule has 0 radical (unpaired) electrons. The van der Waals surface area contributed by atoms with Gasteiger partial charge in [0.2, 0.25) is 5.95 Å². The molecule has 0 spiro atoms. The first-order chi connectivity index (χ1) is 9.60. The molecule has 2 aromatic heterocycles. The number of nitrogens with two attached hydrogens (primary N) is 1. The van der Waals surface area contributed by atoms with E-state index in [9.17, 15) is 9.59 Å². The Morgan fingerprint density at radius 3 is 2.80 bits per heavy atom.